The zero-order valence-electron chi connectivity index (χ0n) is 20.9. The minimum Gasteiger partial charge on any atom is -0.359 e. The third-order valence-corrected chi connectivity index (χ3v) is 7.68. The lowest BCUT2D eigenvalue weighted by atomic mass is 10.0. The zero-order valence-corrected chi connectivity index (χ0v) is 21.7. The van der Waals surface area contributed by atoms with Gasteiger partial charge in [0.25, 0.3) is 10.0 Å². The summed E-state index contributed by atoms with van der Waals surface area (Å²) in [6.07, 6.45) is 2.72. The molecular formula is C26H31N5O4S. The van der Waals surface area contributed by atoms with Crippen molar-refractivity contribution in [1.29, 1.82) is 0 Å². The molecule has 0 aliphatic carbocycles. The summed E-state index contributed by atoms with van der Waals surface area (Å²) < 4.78 is 34.0. The van der Waals surface area contributed by atoms with E-state index in [9.17, 15) is 13.2 Å². The largest absolute Gasteiger partial charge is 0.359 e. The van der Waals surface area contributed by atoms with Crippen LogP contribution in [0.3, 0.4) is 0 Å². The molecule has 4 rings (SSSR count). The number of amidine groups is 1. The van der Waals surface area contributed by atoms with E-state index in [1.165, 1.54) is 0 Å². The van der Waals surface area contributed by atoms with Crippen molar-refractivity contribution in [2.75, 3.05) is 4.72 Å². The Morgan fingerprint density at radius 1 is 1.11 bits per heavy atom. The number of rotatable bonds is 9. The molecular weight excluding hydrogens is 478 g/mol. The van der Waals surface area contributed by atoms with Crippen molar-refractivity contribution < 1.29 is 17.7 Å². The molecule has 0 saturated carbocycles. The maximum absolute atomic E-state index is 13.2. The molecule has 1 atom stereocenters. The number of hydrogen-bond donors (Lipinski definition) is 2. The molecule has 1 aliphatic rings. The number of amides is 1. The van der Waals surface area contributed by atoms with Gasteiger partial charge in [-0.05, 0) is 44.4 Å². The van der Waals surface area contributed by atoms with Gasteiger partial charge in [-0.25, -0.2) is 8.42 Å². The van der Waals surface area contributed by atoms with Gasteiger partial charge in [-0.2, -0.15) is 5.10 Å². The lowest BCUT2D eigenvalue weighted by Crippen LogP contribution is -2.50. The van der Waals surface area contributed by atoms with Crippen molar-refractivity contribution in [1.82, 2.24) is 15.5 Å². The molecule has 2 aromatic carbocycles. The summed E-state index contributed by atoms with van der Waals surface area (Å²) in [5.41, 5.74) is 2.93. The van der Waals surface area contributed by atoms with Crippen LogP contribution >= 0.6 is 0 Å². The van der Waals surface area contributed by atoms with Gasteiger partial charge in [-0.15, -0.1) is 0 Å². The number of benzene rings is 2. The minimum absolute atomic E-state index is 0.0584. The van der Waals surface area contributed by atoms with E-state index in [-0.39, 0.29) is 22.7 Å². The van der Waals surface area contributed by atoms with E-state index in [1.54, 1.807) is 43.1 Å². The molecule has 0 bridgehead atoms. The third-order valence-electron chi connectivity index (χ3n) is 6.28. The van der Waals surface area contributed by atoms with Gasteiger partial charge >= 0.3 is 0 Å². The molecule has 1 amide bonds. The Hall–Kier alpha value is -3.66. The Kier molecular flexibility index (Phi) is 7.44. The Morgan fingerprint density at radius 2 is 1.83 bits per heavy atom. The van der Waals surface area contributed by atoms with Crippen LogP contribution in [0.5, 0.6) is 0 Å². The number of hydrazone groups is 1. The summed E-state index contributed by atoms with van der Waals surface area (Å²) in [5, 5.41) is 13.1. The summed E-state index contributed by atoms with van der Waals surface area (Å²) in [6.45, 7) is 7.87. The number of carbonyl (C=O) groups is 1. The monoisotopic (exact) mass is 509 g/mol. The number of unbranched alkanes of at least 4 members (excludes halogenated alkanes) is 1. The van der Waals surface area contributed by atoms with E-state index < -0.39 is 10.0 Å². The molecule has 1 unspecified atom stereocenters. The summed E-state index contributed by atoms with van der Waals surface area (Å²) in [6, 6.07) is 14.1. The van der Waals surface area contributed by atoms with Crippen LogP contribution in [-0.2, 0) is 21.4 Å². The molecule has 1 aromatic heterocycles. The van der Waals surface area contributed by atoms with Gasteiger partial charge in [0, 0.05) is 17.5 Å². The highest BCUT2D eigenvalue weighted by Crippen LogP contribution is 2.30. The van der Waals surface area contributed by atoms with Crippen molar-refractivity contribution in [2.24, 2.45) is 5.10 Å². The molecule has 1 aliphatic heterocycles. The average Bonchev–Trinajstić information content (AvgIpc) is 3.17. The van der Waals surface area contributed by atoms with Crippen LogP contribution in [-0.4, -0.2) is 36.4 Å². The zero-order chi connectivity index (χ0) is 25.9. The predicted molar refractivity (Wildman–Crippen MR) is 139 cm³/mol. The Labute approximate surface area is 211 Å². The van der Waals surface area contributed by atoms with E-state index >= 15 is 0 Å². The molecule has 0 saturated heterocycles. The number of nitrogens with zero attached hydrogens (tertiary/aromatic N) is 3. The van der Waals surface area contributed by atoms with E-state index in [1.807, 2.05) is 31.2 Å². The number of hydrogen-bond acceptors (Lipinski definition) is 7. The Bertz CT molecular complexity index is 1380. The molecule has 10 heteroatoms. The predicted octanol–water partition coefficient (Wildman–Crippen LogP) is 4.58. The minimum atomic E-state index is -3.90. The van der Waals surface area contributed by atoms with Crippen molar-refractivity contribution in [3.05, 3.63) is 65.4 Å². The van der Waals surface area contributed by atoms with Crippen LogP contribution < -0.4 is 10.0 Å². The number of aryl methyl sites for hydroxylation is 1. The first kappa shape index (κ1) is 25.4. The molecule has 2 N–H and O–H groups in total. The number of nitrogens with one attached hydrogen (secondary N) is 2. The summed E-state index contributed by atoms with van der Waals surface area (Å²) in [5.74, 6) is 1.37. The molecule has 0 spiro atoms. The van der Waals surface area contributed by atoms with E-state index in [4.69, 9.17) is 4.52 Å². The first-order valence-electron chi connectivity index (χ1n) is 12.0. The second-order valence-electron chi connectivity index (χ2n) is 8.92. The summed E-state index contributed by atoms with van der Waals surface area (Å²) >= 11 is 0. The normalized spacial score (nSPS) is 16.0. The van der Waals surface area contributed by atoms with Crippen LogP contribution in [0.25, 0.3) is 11.1 Å². The summed E-state index contributed by atoms with van der Waals surface area (Å²) in [7, 11) is -3.90. The fourth-order valence-electron chi connectivity index (χ4n) is 3.89. The summed E-state index contributed by atoms with van der Waals surface area (Å²) in [4.78, 5) is 12.5. The maximum Gasteiger partial charge on any atom is 0.263 e. The molecule has 2 heterocycles. The topological polar surface area (TPSA) is 117 Å². The third kappa shape index (κ3) is 5.43. The highest BCUT2D eigenvalue weighted by atomic mass is 32.2. The van der Waals surface area contributed by atoms with Crippen LogP contribution in [0, 0.1) is 13.8 Å². The lowest BCUT2D eigenvalue weighted by molar-refractivity contribution is -0.125. The smallest absolute Gasteiger partial charge is 0.263 e. The number of sulfonamides is 1. The van der Waals surface area contributed by atoms with Crippen molar-refractivity contribution in [2.45, 2.75) is 64.4 Å². The van der Waals surface area contributed by atoms with Gasteiger partial charge in [0.15, 0.2) is 5.82 Å². The highest BCUT2D eigenvalue weighted by Gasteiger charge is 2.27. The molecule has 9 nitrogen and oxygen atoms in total. The van der Waals surface area contributed by atoms with Crippen molar-refractivity contribution >= 4 is 27.6 Å². The lowest BCUT2D eigenvalue weighted by Gasteiger charge is -2.31. The number of aromatic nitrogens is 1. The molecule has 36 heavy (non-hydrogen) atoms. The molecule has 190 valence electrons. The van der Waals surface area contributed by atoms with Gasteiger partial charge in [0.1, 0.15) is 17.6 Å². The first-order chi connectivity index (χ1) is 17.2. The molecule has 0 fully saturated rings. The number of carbonyl (C=O) groups excluding carboxylic acids is 1. The Morgan fingerprint density at radius 3 is 2.50 bits per heavy atom. The second-order valence-corrected chi connectivity index (χ2v) is 10.6. The average molecular weight is 510 g/mol. The van der Waals surface area contributed by atoms with Crippen LogP contribution in [0.2, 0.25) is 0 Å². The first-order valence-corrected chi connectivity index (χ1v) is 13.5. The molecule has 0 radical (unpaired) electrons. The van der Waals surface area contributed by atoms with Crippen LogP contribution in [0.4, 0.5) is 5.82 Å². The standard InChI is InChI=1S/C26H31N5O4S/c1-5-6-11-24-27-26(32)18(3)31(28-24)16-20-12-14-21(15-13-20)22-9-7-8-10-23(22)36(33,34)30-25-17(2)19(4)35-29-25/h7-10,12-15,18H,5-6,11,16H2,1-4H3,(H,29,30)(H,27,28,32). The van der Waals surface area contributed by atoms with Crippen molar-refractivity contribution in [3.8, 4) is 11.1 Å². The van der Waals surface area contributed by atoms with Gasteiger partial charge in [-0.1, -0.05) is 61.0 Å². The SMILES string of the molecule is CCCCC1=NN(Cc2ccc(-c3ccccc3S(=O)(=O)Nc3noc(C)c3C)cc2)C(C)C(=O)N1. The fraction of sp³-hybridized carbons (Fsp3) is 0.346. The van der Waals surface area contributed by atoms with Gasteiger partial charge in [0.2, 0.25) is 5.91 Å². The van der Waals surface area contributed by atoms with Gasteiger partial charge < -0.3 is 9.84 Å². The van der Waals surface area contributed by atoms with Crippen LogP contribution in [0.1, 0.15) is 50.0 Å². The van der Waals surface area contributed by atoms with E-state index in [0.29, 0.717) is 29.3 Å². The quantitative estimate of drug-likeness (QED) is 0.436. The van der Waals surface area contributed by atoms with E-state index in [2.05, 4.69) is 27.2 Å². The number of anilines is 1. The van der Waals surface area contributed by atoms with E-state index in [0.717, 1.165) is 30.4 Å². The van der Waals surface area contributed by atoms with Crippen molar-refractivity contribution in [3.63, 3.8) is 0 Å². The van der Waals surface area contributed by atoms with Gasteiger partial charge in [0.05, 0.1) is 11.4 Å². The fourth-order valence-corrected chi connectivity index (χ4v) is 5.18. The Balaban J connectivity index is 1.56. The highest BCUT2D eigenvalue weighted by molar-refractivity contribution is 7.92. The molecule has 3 aromatic rings. The van der Waals surface area contributed by atoms with Gasteiger partial charge in [-0.3, -0.25) is 14.5 Å². The van der Waals surface area contributed by atoms with Crippen LogP contribution in [0.15, 0.2) is 63.1 Å². The maximum atomic E-state index is 13.2. The second kappa shape index (κ2) is 10.5.